The fourth-order valence-corrected chi connectivity index (χ4v) is 2.87. The molecule has 0 unspecified atom stereocenters. The molecule has 1 amide bonds. The molecule has 0 radical (unpaired) electrons. The van der Waals surface area contributed by atoms with Gasteiger partial charge in [0.05, 0.1) is 28.8 Å². The molecule has 0 spiro atoms. The second-order valence-electron chi connectivity index (χ2n) is 7.16. The molecule has 0 aliphatic rings. The van der Waals surface area contributed by atoms with E-state index < -0.39 is 0 Å². The van der Waals surface area contributed by atoms with Crippen molar-refractivity contribution in [3.8, 4) is 6.07 Å². The van der Waals surface area contributed by atoms with Crippen molar-refractivity contribution in [2.75, 3.05) is 0 Å². The molecule has 0 aliphatic heterocycles. The monoisotopic (exact) mass is 361 g/mol. The first-order valence-corrected chi connectivity index (χ1v) is 9.06. The highest BCUT2D eigenvalue weighted by Gasteiger charge is 2.18. The van der Waals surface area contributed by atoms with Crippen molar-refractivity contribution < 1.29 is 4.79 Å². The molecule has 0 aliphatic carbocycles. The summed E-state index contributed by atoms with van der Waals surface area (Å²) >= 11 is 0. The molecule has 1 N–H and O–H groups in total. The molecular weight excluding hydrogens is 338 g/mol. The van der Waals surface area contributed by atoms with E-state index in [2.05, 4.69) is 30.3 Å². The summed E-state index contributed by atoms with van der Waals surface area (Å²) in [7, 11) is 0. The zero-order valence-electron chi connectivity index (χ0n) is 16.0. The number of amides is 1. The van der Waals surface area contributed by atoms with Crippen molar-refractivity contribution in [1.82, 2.24) is 20.1 Å². The normalized spacial score (nSPS) is 11.1. The van der Waals surface area contributed by atoms with Crippen LogP contribution in [0.15, 0.2) is 36.5 Å². The van der Waals surface area contributed by atoms with E-state index in [1.807, 2.05) is 36.7 Å². The van der Waals surface area contributed by atoms with Gasteiger partial charge in [0.25, 0.3) is 5.91 Å². The lowest BCUT2D eigenvalue weighted by Gasteiger charge is -2.12. The number of fused-ring (bicyclic) bond motifs is 1. The van der Waals surface area contributed by atoms with Crippen LogP contribution in [-0.2, 0) is 6.54 Å². The Morgan fingerprint density at radius 2 is 1.93 bits per heavy atom. The van der Waals surface area contributed by atoms with Crippen LogP contribution in [0.2, 0.25) is 0 Å². The number of benzene rings is 1. The standard InChI is InChI=1S/C21H23N5O/c1-13(2)19-9-17(18-12-24-26(14(3)4)20(18)25-19)21(27)23-11-16-7-5-15(10-22)6-8-16/h5-9,12-14H,11H2,1-4H3,(H,23,27). The Bertz CT molecular complexity index is 1010. The van der Waals surface area contributed by atoms with E-state index in [1.54, 1.807) is 18.3 Å². The van der Waals surface area contributed by atoms with Gasteiger partial charge in [0.1, 0.15) is 0 Å². The van der Waals surface area contributed by atoms with Gasteiger partial charge < -0.3 is 5.32 Å². The summed E-state index contributed by atoms with van der Waals surface area (Å²) in [5, 5.41) is 17.0. The molecule has 1 aromatic carbocycles. The molecule has 0 fully saturated rings. The minimum Gasteiger partial charge on any atom is -0.348 e. The number of rotatable bonds is 5. The first kappa shape index (κ1) is 18.6. The second kappa shape index (κ2) is 7.58. The van der Waals surface area contributed by atoms with E-state index in [0.717, 1.165) is 22.3 Å². The van der Waals surface area contributed by atoms with Gasteiger partial charge in [0.15, 0.2) is 5.65 Å². The SMILES string of the molecule is CC(C)c1cc(C(=O)NCc2ccc(C#N)cc2)c2cnn(C(C)C)c2n1. The summed E-state index contributed by atoms with van der Waals surface area (Å²) in [6.07, 6.45) is 1.71. The largest absolute Gasteiger partial charge is 0.348 e. The lowest BCUT2D eigenvalue weighted by molar-refractivity contribution is 0.0952. The molecule has 27 heavy (non-hydrogen) atoms. The molecule has 3 aromatic rings. The molecule has 0 atom stereocenters. The van der Waals surface area contributed by atoms with Crippen molar-refractivity contribution in [2.45, 2.75) is 46.2 Å². The van der Waals surface area contributed by atoms with Gasteiger partial charge in [-0.15, -0.1) is 0 Å². The number of carbonyl (C=O) groups is 1. The second-order valence-corrected chi connectivity index (χ2v) is 7.16. The molecule has 0 bridgehead atoms. The number of hydrogen-bond donors (Lipinski definition) is 1. The van der Waals surface area contributed by atoms with Crippen LogP contribution in [0, 0.1) is 11.3 Å². The van der Waals surface area contributed by atoms with Gasteiger partial charge in [-0.25, -0.2) is 9.67 Å². The number of nitrogens with zero attached hydrogens (tertiary/aromatic N) is 4. The lowest BCUT2D eigenvalue weighted by atomic mass is 10.0. The number of aromatic nitrogens is 3. The molecule has 2 heterocycles. The Balaban J connectivity index is 1.91. The highest BCUT2D eigenvalue weighted by Crippen LogP contribution is 2.24. The predicted octanol–water partition coefficient (Wildman–Crippen LogP) is 3.94. The molecule has 6 heteroatoms. The summed E-state index contributed by atoms with van der Waals surface area (Å²) in [5.74, 6) is 0.0481. The summed E-state index contributed by atoms with van der Waals surface area (Å²) < 4.78 is 1.85. The van der Waals surface area contributed by atoms with Crippen LogP contribution in [0.25, 0.3) is 11.0 Å². The summed E-state index contributed by atoms with van der Waals surface area (Å²) in [6.45, 7) is 8.59. The van der Waals surface area contributed by atoms with Crippen LogP contribution >= 0.6 is 0 Å². The number of pyridine rings is 1. The topological polar surface area (TPSA) is 83.6 Å². The zero-order valence-corrected chi connectivity index (χ0v) is 16.0. The summed E-state index contributed by atoms with van der Waals surface area (Å²) in [6, 6.07) is 11.3. The van der Waals surface area contributed by atoms with Gasteiger partial charge in [0, 0.05) is 18.3 Å². The maximum absolute atomic E-state index is 12.9. The minimum atomic E-state index is -0.156. The third-order valence-electron chi connectivity index (χ3n) is 4.45. The van der Waals surface area contributed by atoms with Gasteiger partial charge in [-0.2, -0.15) is 10.4 Å². The van der Waals surface area contributed by atoms with Gasteiger partial charge in [-0.1, -0.05) is 26.0 Å². The van der Waals surface area contributed by atoms with Crippen molar-refractivity contribution >= 4 is 16.9 Å². The Hall–Kier alpha value is -3.20. The zero-order chi connectivity index (χ0) is 19.6. The first-order chi connectivity index (χ1) is 12.9. The third-order valence-corrected chi connectivity index (χ3v) is 4.45. The Labute approximate surface area is 158 Å². The molecule has 0 saturated heterocycles. The van der Waals surface area contributed by atoms with Crippen molar-refractivity contribution in [2.24, 2.45) is 0 Å². The van der Waals surface area contributed by atoms with Crippen LogP contribution in [0.4, 0.5) is 0 Å². The summed E-state index contributed by atoms with van der Waals surface area (Å²) in [4.78, 5) is 17.6. The van der Waals surface area contributed by atoms with Crippen LogP contribution < -0.4 is 5.32 Å². The summed E-state index contributed by atoms with van der Waals surface area (Å²) in [5.41, 5.74) is 3.73. The molecule has 138 valence electrons. The average Bonchev–Trinajstić information content (AvgIpc) is 3.10. The van der Waals surface area contributed by atoms with E-state index in [9.17, 15) is 4.79 Å². The smallest absolute Gasteiger partial charge is 0.252 e. The van der Waals surface area contributed by atoms with Crippen molar-refractivity contribution in [3.63, 3.8) is 0 Å². The van der Waals surface area contributed by atoms with Gasteiger partial charge >= 0.3 is 0 Å². The molecule has 2 aromatic heterocycles. The fraction of sp³-hybridized carbons (Fsp3) is 0.333. The maximum Gasteiger partial charge on any atom is 0.252 e. The van der Waals surface area contributed by atoms with E-state index in [0.29, 0.717) is 17.7 Å². The number of carbonyl (C=O) groups excluding carboxylic acids is 1. The van der Waals surface area contributed by atoms with Crippen molar-refractivity contribution in [1.29, 1.82) is 5.26 Å². The van der Waals surface area contributed by atoms with Crippen LogP contribution in [0.1, 0.15) is 66.8 Å². The van der Waals surface area contributed by atoms with E-state index >= 15 is 0 Å². The fourth-order valence-electron chi connectivity index (χ4n) is 2.87. The van der Waals surface area contributed by atoms with Gasteiger partial charge in [0.2, 0.25) is 0 Å². The number of nitriles is 1. The highest BCUT2D eigenvalue weighted by atomic mass is 16.1. The number of nitrogens with one attached hydrogen (secondary N) is 1. The highest BCUT2D eigenvalue weighted by molar-refractivity contribution is 6.05. The number of hydrogen-bond acceptors (Lipinski definition) is 4. The minimum absolute atomic E-state index is 0.156. The average molecular weight is 361 g/mol. The Morgan fingerprint density at radius 3 is 2.52 bits per heavy atom. The molecule has 0 saturated carbocycles. The quantitative estimate of drug-likeness (QED) is 0.746. The molecule has 3 rings (SSSR count). The first-order valence-electron chi connectivity index (χ1n) is 9.06. The van der Waals surface area contributed by atoms with E-state index in [1.165, 1.54) is 0 Å². The third kappa shape index (κ3) is 3.82. The van der Waals surface area contributed by atoms with Crippen LogP contribution in [0.5, 0.6) is 0 Å². The van der Waals surface area contributed by atoms with E-state index in [4.69, 9.17) is 10.2 Å². The van der Waals surface area contributed by atoms with Crippen LogP contribution in [0.3, 0.4) is 0 Å². The molecular formula is C21H23N5O. The van der Waals surface area contributed by atoms with Gasteiger partial charge in [-0.3, -0.25) is 4.79 Å². The van der Waals surface area contributed by atoms with Crippen molar-refractivity contribution in [3.05, 3.63) is 58.9 Å². The Morgan fingerprint density at radius 1 is 1.22 bits per heavy atom. The molecule has 6 nitrogen and oxygen atoms in total. The van der Waals surface area contributed by atoms with Gasteiger partial charge in [-0.05, 0) is 43.5 Å². The van der Waals surface area contributed by atoms with Crippen LogP contribution in [-0.4, -0.2) is 20.7 Å². The Kier molecular flexibility index (Phi) is 5.22. The predicted molar refractivity (Wildman–Crippen MR) is 104 cm³/mol. The maximum atomic E-state index is 12.9. The van der Waals surface area contributed by atoms with E-state index in [-0.39, 0.29) is 17.9 Å². The lowest BCUT2D eigenvalue weighted by Crippen LogP contribution is -2.23.